The summed E-state index contributed by atoms with van der Waals surface area (Å²) in [6, 6.07) is 32.2. The topological polar surface area (TPSA) is 114 Å². The summed E-state index contributed by atoms with van der Waals surface area (Å²) in [6.07, 6.45) is 5.22. The van der Waals surface area contributed by atoms with E-state index < -0.39 is 0 Å². The molecule has 9 heteroatoms. The number of hydrogen-bond acceptors (Lipinski definition) is 8. The van der Waals surface area contributed by atoms with Crippen LogP contribution in [0.5, 0.6) is 0 Å². The molecule has 1 atom stereocenters. The van der Waals surface area contributed by atoms with Gasteiger partial charge in [0, 0.05) is 24.8 Å². The van der Waals surface area contributed by atoms with Crippen molar-refractivity contribution < 1.29 is 14.8 Å². The predicted molar refractivity (Wildman–Crippen MR) is 179 cm³/mol. The normalized spacial score (nSPS) is 14.3. The van der Waals surface area contributed by atoms with Gasteiger partial charge in [0.25, 0.3) is 0 Å². The highest BCUT2D eigenvalue weighted by molar-refractivity contribution is 5.75. The molecule has 6 aromatic rings. The number of aryl methyl sites for hydroxylation is 1. The molecule has 46 heavy (non-hydrogen) atoms. The van der Waals surface area contributed by atoms with E-state index in [1.54, 1.807) is 18.2 Å². The van der Waals surface area contributed by atoms with Crippen LogP contribution in [0.15, 0.2) is 108 Å². The van der Waals surface area contributed by atoms with Crippen LogP contribution < -0.4 is 10.5 Å². The first-order valence-electron chi connectivity index (χ1n) is 15.4. The summed E-state index contributed by atoms with van der Waals surface area (Å²) >= 11 is 0. The third kappa shape index (κ3) is 6.88. The van der Waals surface area contributed by atoms with E-state index in [0.717, 1.165) is 48.4 Å². The van der Waals surface area contributed by atoms with Gasteiger partial charge in [-0.3, -0.25) is 20.3 Å². The number of anilines is 1. The maximum absolute atomic E-state index is 9.53. The van der Waals surface area contributed by atoms with Gasteiger partial charge in [-0.15, -0.1) is 5.23 Å². The number of pyridine rings is 1. The first-order chi connectivity index (χ1) is 22.1. The molecule has 3 aromatic carbocycles. The maximum Gasteiger partial charge on any atom is 0.136 e. The quantitative estimate of drug-likeness (QED) is 0.109. The van der Waals surface area contributed by atoms with Gasteiger partial charge in [0.05, 0.1) is 35.9 Å². The highest BCUT2D eigenvalue weighted by atomic mass is 16.8. The van der Waals surface area contributed by atoms with Crippen molar-refractivity contribution in [2.45, 2.75) is 58.9 Å². The van der Waals surface area contributed by atoms with E-state index in [1.807, 2.05) is 42.6 Å². The van der Waals surface area contributed by atoms with Crippen LogP contribution in [0.4, 0.5) is 5.69 Å². The van der Waals surface area contributed by atoms with Crippen LogP contribution in [0.25, 0.3) is 22.4 Å². The maximum atomic E-state index is 9.53. The number of fused-ring (bicyclic) bond motifs is 2. The minimum absolute atomic E-state index is 0. The van der Waals surface area contributed by atoms with Gasteiger partial charge in [-0.1, -0.05) is 62.0 Å². The lowest BCUT2D eigenvalue weighted by molar-refractivity contribution is 0.0294. The van der Waals surface area contributed by atoms with Crippen molar-refractivity contribution in [2.75, 3.05) is 5.23 Å². The molecule has 3 aromatic heterocycles. The van der Waals surface area contributed by atoms with E-state index in [1.165, 1.54) is 22.4 Å². The summed E-state index contributed by atoms with van der Waals surface area (Å²) in [4.78, 5) is 15.8. The van der Waals surface area contributed by atoms with Crippen LogP contribution in [0.2, 0.25) is 0 Å². The molecule has 0 spiro atoms. The highest BCUT2D eigenvalue weighted by Gasteiger charge is 2.28. The number of hydrogen-bond donors (Lipinski definition) is 4. The number of nitrogens with one attached hydrogen (secondary N) is 2. The van der Waals surface area contributed by atoms with Crippen LogP contribution in [-0.4, -0.2) is 30.3 Å². The number of H-pyrrole nitrogens is 1. The zero-order valence-electron chi connectivity index (χ0n) is 24.9. The molecule has 7 rings (SSSR count). The number of rotatable bonds is 11. The standard InChI is InChI=1S/C36H36N6O3.CH4/c43-42(44)32-12-4-1-9-29(32)34-19-18-28(45-34)22-37-21-25-14-16-26(17-15-25)23-41(24-35-39-30-10-2-3-11-31(30)40-35)33-13-5-7-27-8-6-20-38-36(27)33;/h1-4,6,8-12,14-20,33,37,43-44H,5,7,13,21-24H2,(H,39,40);1H4. The van der Waals surface area contributed by atoms with Crippen molar-refractivity contribution in [1.29, 1.82) is 0 Å². The van der Waals surface area contributed by atoms with Gasteiger partial charge in [0.15, 0.2) is 0 Å². The van der Waals surface area contributed by atoms with Crippen LogP contribution in [0.3, 0.4) is 0 Å². The zero-order chi connectivity index (χ0) is 30.6. The number of nitrogens with zero attached hydrogens (tertiary/aromatic N) is 4. The molecule has 0 bridgehead atoms. The molecule has 4 N–H and O–H groups in total. The Morgan fingerprint density at radius 2 is 1.65 bits per heavy atom. The Labute approximate surface area is 269 Å². The van der Waals surface area contributed by atoms with E-state index in [2.05, 4.69) is 57.7 Å². The molecule has 3 heterocycles. The van der Waals surface area contributed by atoms with Gasteiger partial charge in [-0.05, 0) is 78.4 Å². The fourth-order valence-corrected chi connectivity index (χ4v) is 6.29. The predicted octanol–water partition coefficient (Wildman–Crippen LogP) is 7.81. The molecule has 0 amide bonds. The lowest BCUT2D eigenvalue weighted by atomic mass is 9.90. The Bertz CT molecular complexity index is 1850. The first-order valence-corrected chi connectivity index (χ1v) is 15.4. The fraction of sp³-hybridized carbons (Fsp3) is 0.243. The van der Waals surface area contributed by atoms with Gasteiger partial charge in [-0.25, -0.2) is 4.98 Å². The molecule has 1 unspecified atom stereocenters. The van der Waals surface area contributed by atoms with E-state index in [9.17, 15) is 10.4 Å². The number of para-hydroxylation sites is 3. The number of aromatic amines is 1. The molecule has 9 nitrogen and oxygen atoms in total. The van der Waals surface area contributed by atoms with Crippen LogP contribution in [0, 0.1) is 0 Å². The molecule has 0 fully saturated rings. The zero-order valence-corrected chi connectivity index (χ0v) is 24.9. The van der Waals surface area contributed by atoms with Gasteiger partial charge < -0.3 is 14.7 Å². The number of imidazole rings is 1. The number of furan rings is 1. The van der Waals surface area contributed by atoms with Crippen molar-refractivity contribution in [2.24, 2.45) is 0 Å². The number of aromatic nitrogens is 3. The van der Waals surface area contributed by atoms with Crippen LogP contribution in [0.1, 0.15) is 60.3 Å². The molecule has 1 aliphatic carbocycles. The van der Waals surface area contributed by atoms with Crippen molar-refractivity contribution >= 4 is 16.7 Å². The summed E-state index contributed by atoms with van der Waals surface area (Å²) in [5.41, 5.74) is 7.87. The average Bonchev–Trinajstić information content (AvgIpc) is 3.72. The van der Waals surface area contributed by atoms with E-state index >= 15 is 0 Å². The lowest BCUT2D eigenvalue weighted by Crippen LogP contribution is -2.31. The van der Waals surface area contributed by atoms with E-state index in [-0.39, 0.29) is 24.4 Å². The summed E-state index contributed by atoms with van der Waals surface area (Å²) in [5, 5.41) is 22.6. The van der Waals surface area contributed by atoms with Gasteiger partial charge in [0.2, 0.25) is 0 Å². The minimum Gasteiger partial charge on any atom is -0.460 e. The summed E-state index contributed by atoms with van der Waals surface area (Å²) < 4.78 is 5.98. The first kappa shape index (κ1) is 31.2. The van der Waals surface area contributed by atoms with E-state index in [4.69, 9.17) is 14.4 Å². The third-order valence-corrected chi connectivity index (χ3v) is 8.48. The smallest absolute Gasteiger partial charge is 0.136 e. The molecule has 1 aliphatic rings. The summed E-state index contributed by atoms with van der Waals surface area (Å²) in [5.74, 6) is 2.30. The van der Waals surface area contributed by atoms with Crippen molar-refractivity contribution in [3.63, 3.8) is 0 Å². The Hall–Kier alpha value is -4.80. The summed E-state index contributed by atoms with van der Waals surface area (Å²) in [7, 11) is 0. The van der Waals surface area contributed by atoms with Crippen molar-refractivity contribution in [1.82, 2.24) is 25.2 Å². The van der Waals surface area contributed by atoms with Gasteiger partial charge >= 0.3 is 0 Å². The second-order valence-electron chi connectivity index (χ2n) is 11.6. The molecule has 0 aliphatic heterocycles. The molecular formula is C37H40N6O3. The lowest BCUT2D eigenvalue weighted by Gasteiger charge is -2.34. The number of benzene rings is 3. The third-order valence-electron chi connectivity index (χ3n) is 8.48. The second-order valence-corrected chi connectivity index (χ2v) is 11.6. The van der Waals surface area contributed by atoms with Crippen LogP contribution in [-0.2, 0) is 32.6 Å². The molecule has 0 saturated heterocycles. The Balaban J connectivity index is 0.00000372. The second kappa shape index (κ2) is 14.1. The Morgan fingerprint density at radius 3 is 2.50 bits per heavy atom. The van der Waals surface area contributed by atoms with Crippen molar-refractivity contribution in [3.8, 4) is 11.3 Å². The minimum atomic E-state index is 0. The van der Waals surface area contributed by atoms with E-state index in [0.29, 0.717) is 31.0 Å². The summed E-state index contributed by atoms with van der Waals surface area (Å²) in [6.45, 7) is 2.74. The van der Waals surface area contributed by atoms with Gasteiger partial charge in [0.1, 0.15) is 23.0 Å². The van der Waals surface area contributed by atoms with Gasteiger partial charge in [-0.2, -0.15) is 0 Å². The molecule has 236 valence electrons. The van der Waals surface area contributed by atoms with Crippen LogP contribution >= 0.6 is 0 Å². The monoisotopic (exact) mass is 616 g/mol. The Morgan fingerprint density at radius 1 is 0.848 bits per heavy atom. The SMILES string of the molecule is C.ON(O)c1ccccc1-c1ccc(CNCc2ccc(CN(Cc3nc4ccccc4[nH]3)C3CCCc4cccnc43)cc2)o1. The largest absolute Gasteiger partial charge is 0.460 e. The average molecular weight is 617 g/mol. The fourth-order valence-electron chi connectivity index (χ4n) is 6.29. The molecular weight excluding hydrogens is 576 g/mol. The molecule has 0 radical (unpaired) electrons. The molecule has 0 saturated carbocycles. The Kier molecular flexibility index (Phi) is 9.56. The van der Waals surface area contributed by atoms with Crippen molar-refractivity contribution in [3.05, 3.63) is 137 Å². The highest BCUT2D eigenvalue weighted by Crippen LogP contribution is 2.35.